The highest BCUT2D eigenvalue weighted by Crippen LogP contribution is 2.33. The smallest absolute Gasteiger partial charge is 0.312 e. The molecule has 1 N–H and O–H groups in total. The van der Waals surface area contributed by atoms with Crippen molar-refractivity contribution in [2.24, 2.45) is 0 Å². The van der Waals surface area contributed by atoms with Crippen LogP contribution in [0.25, 0.3) is 10.9 Å². The predicted octanol–water partition coefficient (Wildman–Crippen LogP) is 1.25. The summed E-state index contributed by atoms with van der Waals surface area (Å²) < 4.78 is 0. The van der Waals surface area contributed by atoms with Crippen LogP contribution in [0.1, 0.15) is 18.2 Å². The van der Waals surface area contributed by atoms with E-state index >= 15 is 0 Å². The number of benzene rings is 1. The largest absolute Gasteiger partial charge is 0.367 e. The van der Waals surface area contributed by atoms with Gasteiger partial charge in [-0.2, -0.15) is 0 Å². The summed E-state index contributed by atoms with van der Waals surface area (Å²) in [7, 11) is 0. The highest BCUT2D eigenvalue weighted by molar-refractivity contribution is 6.35. The van der Waals surface area contributed by atoms with Crippen molar-refractivity contribution in [2.75, 3.05) is 31.1 Å². The van der Waals surface area contributed by atoms with Crippen molar-refractivity contribution in [1.29, 1.82) is 0 Å². The van der Waals surface area contributed by atoms with Gasteiger partial charge in [0.05, 0.1) is 17.2 Å². The number of carbonyl (C=O) groups excluding carboxylic acids is 2. The van der Waals surface area contributed by atoms with Gasteiger partial charge in [-0.3, -0.25) is 14.6 Å². The fourth-order valence-electron chi connectivity index (χ4n) is 4.05. The average Bonchev–Trinajstić information content (AvgIpc) is 2.63. The highest BCUT2D eigenvalue weighted by Gasteiger charge is 2.38. The number of rotatable bonds is 2. The second kappa shape index (κ2) is 6.02. The molecule has 0 aliphatic carbocycles. The lowest BCUT2D eigenvalue weighted by Crippen LogP contribution is -2.65. The second-order valence-electron chi connectivity index (χ2n) is 6.70. The number of nitrogens with one attached hydrogen (secondary N) is 1. The average molecular weight is 338 g/mol. The quantitative estimate of drug-likeness (QED) is 0.837. The Morgan fingerprint density at radius 1 is 1.24 bits per heavy atom. The van der Waals surface area contributed by atoms with Gasteiger partial charge in [0.15, 0.2) is 0 Å². The van der Waals surface area contributed by atoms with Crippen molar-refractivity contribution in [3.8, 4) is 0 Å². The Morgan fingerprint density at radius 3 is 2.84 bits per heavy atom. The first-order valence-corrected chi connectivity index (χ1v) is 8.82. The van der Waals surface area contributed by atoms with E-state index in [2.05, 4.69) is 30.1 Å². The van der Waals surface area contributed by atoms with E-state index < -0.39 is 11.8 Å². The first-order chi connectivity index (χ1) is 12.1. The SMILES string of the molecule is CCc1c(C)nc2ccccc2c1N1CCN2C(=O)C(=O)NCC2C1. The summed E-state index contributed by atoms with van der Waals surface area (Å²) in [4.78, 5) is 32.5. The summed E-state index contributed by atoms with van der Waals surface area (Å²) >= 11 is 0. The minimum atomic E-state index is -0.482. The lowest BCUT2D eigenvalue weighted by Gasteiger charge is -2.45. The van der Waals surface area contributed by atoms with E-state index in [1.807, 2.05) is 18.2 Å². The molecule has 2 amide bonds. The van der Waals surface area contributed by atoms with E-state index in [-0.39, 0.29) is 6.04 Å². The van der Waals surface area contributed by atoms with Gasteiger partial charge in [0.2, 0.25) is 0 Å². The zero-order valence-electron chi connectivity index (χ0n) is 14.6. The molecule has 4 rings (SSSR count). The van der Waals surface area contributed by atoms with Crippen LogP contribution in [-0.2, 0) is 16.0 Å². The van der Waals surface area contributed by atoms with Gasteiger partial charge in [-0.05, 0) is 25.0 Å². The van der Waals surface area contributed by atoms with Gasteiger partial charge in [0.1, 0.15) is 0 Å². The van der Waals surface area contributed by atoms with Crippen LogP contribution in [0.5, 0.6) is 0 Å². The van der Waals surface area contributed by atoms with Crippen LogP contribution in [0.3, 0.4) is 0 Å². The molecule has 0 radical (unpaired) electrons. The first kappa shape index (κ1) is 15.9. The number of anilines is 1. The van der Waals surface area contributed by atoms with Crippen LogP contribution in [0.4, 0.5) is 5.69 Å². The number of aromatic nitrogens is 1. The van der Waals surface area contributed by atoms with Crippen LogP contribution in [-0.4, -0.2) is 53.9 Å². The number of nitrogens with zero attached hydrogens (tertiary/aromatic N) is 3. The van der Waals surface area contributed by atoms with Crippen LogP contribution < -0.4 is 10.2 Å². The molecule has 1 aromatic carbocycles. The molecule has 2 saturated heterocycles. The summed E-state index contributed by atoms with van der Waals surface area (Å²) in [6.07, 6.45) is 0.916. The van der Waals surface area contributed by atoms with Gasteiger partial charge in [0.25, 0.3) is 0 Å². The van der Waals surface area contributed by atoms with Crippen molar-refractivity contribution in [3.05, 3.63) is 35.5 Å². The molecule has 2 aliphatic heterocycles. The number of hydrogen-bond donors (Lipinski definition) is 1. The molecule has 6 nitrogen and oxygen atoms in total. The van der Waals surface area contributed by atoms with Crippen molar-refractivity contribution in [1.82, 2.24) is 15.2 Å². The highest BCUT2D eigenvalue weighted by atomic mass is 16.2. The number of hydrogen-bond acceptors (Lipinski definition) is 4. The molecule has 2 aromatic rings. The Bertz CT molecular complexity index is 864. The van der Waals surface area contributed by atoms with Gasteiger partial charge >= 0.3 is 11.8 Å². The molecule has 0 saturated carbocycles. The molecule has 0 bridgehead atoms. The molecule has 0 spiro atoms. The summed E-state index contributed by atoms with van der Waals surface area (Å²) in [5.41, 5.74) is 4.56. The Kier molecular flexibility index (Phi) is 3.82. The minimum absolute atomic E-state index is 0.0240. The van der Waals surface area contributed by atoms with Gasteiger partial charge in [-0.1, -0.05) is 25.1 Å². The zero-order chi connectivity index (χ0) is 17.6. The fraction of sp³-hybridized carbons (Fsp3) is 0.421. The Balaban J connectivity index is 1.75. The first-order valence-electron chi connectivity index (χ1n) is 8.82. The molecule has 1 unspecified atom stereocenters. The van der Waals surface area contributed by atoms with Crippen molar-refractivity contribution in [2.45, 2.75) is 26.3 Å². The molecular formula is C19H22N4O2. The van der Waals surface area contributed by atoms with Crippen LogP contribution in [0.15, 0.2) is 24.3 Å². The van der Waals surface area contributed by atoms with Crippen LogP contribution >= 0.6 is 0 Å². The third-order valence-electron chi connectivity index (χ3n) is 5.28. The van der Waals surface area contributed by atoms with E-state index in [9.17, 15) is 9.59 Å². The van der Waals surface area contributed by atoms with E-state index in [0.717, 1.165) is 36.1 Å². The zero-order valence-corrected chi connectivity index (χ0v) is 14.6. The monoisotopic (exact) mass is 338 g/mol. The third kappa shape index (κ3) is 2.52. The van der Waals surface area contributed by atoms with Crippen molar-refractivity contribution >= 4 is 28.4 Å². The number of fused-ring (bicyclic) bond motifs is 2. The Hall–Kier alpha value is -2.63. The summed E-state index contributed by atoms with van der Waals surface area (Å²) in [5, 5.41) is 3.87. The number of para-hydroxylation sites is 1. The molecule has 1 atom stereocenters. The summed E-state index contributed by atoms with van der Waals surface area (Å²) in [6.45, 7) is 6.78. The molecule has 3 heterocycles. The van der Waals surface area contributed by atoms with E-state index in [0.29, 0.717) is 13.1 Å². The van der Waals surface area contributed by atoms with Crippen molar-refractivity contribution in [3.63, 3.8) is 0 Å². The van der Waals surface area contributed by atoms with Crippen molar-refractivity contribution < 1.29 is 9.59 Å². The third-order valence-corrected chi connectivity index (χ3v) is 5.28. The number of piperazine rings is 2. The van der Waals surface area contributed by atoms with Crippen LogP contribution in [0, 0.1) is 6.92 Å². The molecule has 2 fully saturated rings. The Labute approximate surface area is 146 Å². The maximum atomic E-state index is 12.1. The topological polar surface area (TPSA) is 65.5 Å². The lowest BCUT2D eigenvalue weighted by molar-refractivity contribution is -0.150. The van der Waals surface area contributed by atoms with E-state index in [1.54, 1.807) is 4.90 Å². The summed E-state index contributed by atoms with van der Waals surface area (Å²) in [5.74, 6) is -0.883. The van der Waals surface area contributed by atoms with Gasteiger partial charge in [-0.15, -0.1) is 0 Å². The van der Waals surface area contributed by atoms with E-state index in [1.165, 1.54) is 11.3 Å². The Morgan fingerprint density at radius 2 is 2.04 bits per heavy atom. The van der Waals surface area contributed by atoms with Gasteiger partial charge in [-0.25, -0.2) is 0 Å². The maximum Gasteiger partial charge on any atom is 0.312 e. The fourth-order valence-corrected chi connectivity index (χ4v) is 4.05. The number of carbonyl (C=O) groups is 2. The van der Waals surface area contributed by atoms with E-state index in [4.69, 9.17) is 4.98 Å². The predicted molar refractivity (Wildman–Crippen MR) is 96.6 cm³/mol. The molecular weight excluding hydrogens is 316 g/mol. The van der Waals surface area contributed by atoms with Gasteiger partial charge < -0.3 is 15.1 Å². The van der Waals surface area contributed by atoms with Crippen LogP contribution in [0.2, 0.25) is 0 Å². The molecule has 1 aromatic heterocycles. The summed E-state index contributed by atoms with van der Waals surface area (Å²) in [6, 6.07) is 8.25. The minimum Gasteiger partial charge on any atom is -0.367 e. The number of amides is 2. The normalized spacial score (nSPS) is 20.6. The lowest BCUT2D eigenvalue weighted by atomic mass is 10.0. The number of pyridine rings is 1. The molecule has 6 heteroatoms. The standard InChI is InChI=1S/C19H22N4O2/c1-3-14-12(2)21-16-7-5-4-6-15(16)17(14)22-8-9-23-13(11-22)10-20-18(24)19(23)25/h4-7,13H,3,8-11H2,1-2H3,(H,20,24). The second-order valence-corrected chi connectivity index (χ2v) is 6.70. The molecule has 130 valence electrons. The molecule has 25 heavy (non-hydrogen) atoms. The van der Waals surface area contributed by atoms with Gasteiger partial charge in [0, 0.05) is 37.3 Å². The molecule has 2 aliphatic rings. The number of aryl methyl sites for hydroxylation is 1. The maximum absolute atomic E-state index is 12.1.